The van der Waals surface area contributed by atoms with Crippen LogP contribution in [0.4, 0.5) is 5.69 Å². The standard InChI is InChI=1S/C22H18Cl2N4O3/c1-25-19(29)11-28-10-16(15-7-13(23)5-6-14(15)22(28)31)21(30)27-18-9-26-8-12-3-2-4-17(24)20(12)18/h2-9,16H,10-11H2,1H3,(H,25,29)(H,27,30)/t16-/m1/s1. The van der Waals surface area contributed by atoms with Crippen LogP contribution in [0.5, 0.6) is 0 Å². The highest BCUT2D eigenvalue weighted by molar-refractivity contribution is 6.36. The number of nitrogens with one attached hydrogen (secondary N) is 2. The van der Waals surface area contributed by atoms with E-state index in [9.17, 15) is 14.4 Å². The summed E-state index contributed by atoms with van der Waals surface area (Å²) in [5.74, 6) is -1.73. The molecule has 2 N–H and O–H groups in total. The largest absolute Gasteiger partial charge is 0.358 e. The van der Waals surface area contributed by atoms with Crippen LogP contribution < -0.4 is 10.6 Å². The molecule has 0 spiro atoms. The molecule has 0 unspecified atom stereocenters. The summed E-state index contributed by atoms with van der Waals surface area (Å²) in [5.41, 5.74) is 1.32. The Balaban J connectivity index is 1.72. The number of aromatic nitrogens is 1. The van der Waals surface area contributed by atoms with Crippen molar-refractivity contribution in [3.05, 3.63) is 70.0 Å². The molecule has 0 aliphatic carbocycles. The summed E-state index contributed by atoms with van der Waals surface area (Å²) in [6.45, 7) is -0.111. The SMILES string of the molecule is CNC(=O)CN1C[C@@H](C(=O)Nc2cncc3cccc(Cl)c23)c2cc(Cl)ccc2C1=O. The third-order valence-corrected chi connectivity index (χ3v) is 5.78. The number of hydrogen-bond donors (Lipinski definition) is 2. The number of pyridine rings is 1. The fourth-order valence-electron chi connectivity index (χ4n) is 3.71. The number of halogens is 2. The number of fused-ring (bicyclic) bond motifs is 2. The molecule has 1 aromatic heterocycles. The first-order valence-electron chi connectivity index (χ1n) is 9.51. The van der Waals surface area contributed by atoms with E-state index >= 15 is 0 Å². The molecule has 0 bridgehead atoms. The van der Waals surface area contributed by atoms with Crippen LogP contribution in [0.15, 0.2) is 48.8 Å². The average Bonchev–Trinajstić information content (AvgIpc) is 2.75. The number of likely N-dealkylation sites (N-methyl/N-ethyl adjacent to an activating group) is 1. The zero-order valence-electron chi connectivity index (χ0n) is 16.5. The molecule has 0 saturated carbocycles. The van der Waals surface area contributed by atoms with Gasteiger partial charge >= 0.3 is 0 Å². The van der Waals surface area contributed by atoms with Crippen molar-refractivity contribution in [2.45, 2.75) is 5.92 Å². The number of benzene rings is 2. The molecule has 158 valence electrons. The molecule has 0 saturated heterocycles. The van der Waals surface area contributed by atoms with Gasteiger partial charge in [-0.05, 0) is 29.8 Å². The summed E-state index contributed by atoms with van der Waals surface area (Å²) < 4.78 is 0. The Kier molecular flexibility index (Phi) is 5.80. The van der Waals surface area contributed by atoms with Crippen LogP contribution in [-0.4, -0.2) is 47.7 Å². The summed E-state index contributed by atoms with van der Waals surface area (Å²) in [5, 5.41) is 7.75. The summed E-state index contributed by atoms with van der Waals surface area (Å²) in [4.78, 5) is 43.6. The monoisotopic (exact) mass is 456 g/mol. The molecule has 31 heavy (non-hydrogen) atoms. The minimum Gasteiger partial charge on any atom is -0.358 e. The molecule has 7 nitrogen and oxygen atoms in total. The number of nitrogens with zero attached hydrogens (tertiary/aromatic N) is 2. The van der Waals surface area contributed by atoms with E-state index in [2.05, 4.69) is 15.6 Å². The van der Waals surface area contributed by atoms with Crippen LogP contribution in [-0.2, 0) is 9.59 Å². The highest BCUT2D eigenvalue weighted by atomic mass is 35.5. The molecule has 1 atom stereocenters. The Bertz CT molecular complexity index is 1210. The van der Waals surface area contributed by atoms with Crippen molar-refractivity contribution >= 4 is 57.4 Å². The van der Waals surface area contributed by atoms with Crippen molar-refractivity contribution in [1.82, 2.24) is 15.2 Å². The number of rotatable bonds is 4. The number of carbonyl (C=O) groups is 3. The van der Waals surface area contributed by atoms with Crippen molar-refractivity contribution in [1.29, 1.82) is 0 Å². The van der Waals surface area contributed by atoms with Crippen molar-refractivity contribution in [3.63, 3.8) is 0 Å². The second kappa shape index (κ2) is 8.53. The van der Waals surface area contributed by atoms with E-state index in [1.807, 2.05) is 6.07 Å². The van der Waals surface area contributed by atoms with Crippen LogP contribution in [0.25, 0.3) is 10.8 Å². The molecule has 0 fully saturated rings. The lowest BCUT2D eigenvalue weighted by Crippen LogP contribution is -2.47. The first kappa shape index (κ1) is 21.1. The fraction of sp³-hybridized carbons (Fsp3) is 0.182. The van der Waals surface area contributed by atoms with E-state index in [4.69, 9.17) is 23.2 Å². The highest BCUT2D eigenvalue weighted by Crippen LogP contribution is 2.34. The van der Waals surface area contributed by atoms with Gasteiger partial charge in [-0.3, -0.25) is 19.4 Å². The minimum atomic E-state index is -0.728. The quantitative estimate of drug-likeness (QED) is 0.628. The van der Waals surface area contributed by atoms with Crippen LogP contribution in [0.3, 0.4) is 0 Å². The molecule has 3 aromatic rings. The summed E-state index contributed by atoms with van der Waals surface area (Å²) in [6, 6.07) is 10.2. The summed E-state index contributed by atoms with van der Waals surface area (Å²) in [6.07, 6.45) is 3.19. The van der Waals surface area contributed by atoms with E-state index in [0.29, 0.717) is 32.2 Å². The van der Waals surface area contributed by atoms with E-state index in [0.717, 1.165) is 5.39 Å². The van der Waals surface area contributed by atoms with Crippen molar-refractivity contribution < 1.29 is 14.4 Å². The molecule has 2 heterocycles. The maximum atomic E-state index is 13.3. The van der Waals surface area contributed by atoms with Crippen molar-refractivity contribution in [2.75, 3.05) is 25.5 Å². The van der Waals surface area contributed by atoms with Gasteiger partial charge in [0.2, 0.25) is 11.8 Å². The van der Waals surface area contributed by atoms with Crippen LogP contribution in [0.2, 0.25) is 10.0 Å². The van der Waals surface area contributed by atoms with Crippen LogP contribution >= 0.6 is 23.2 Å². The van der Waals surface area contributed by atoms with Gasteiger partial charge in [0.15, 0.2) is 0 Å². The lowest BCUT2D eigenvalue weighted by molar-refractivity contribution is -0.122. The maximum absolute atomic E-state index is 13.3. The first-order valence-corrected chi connectivity index (χ1v) is 10.3. The molecular formula is C22H18Cl2N4O3. The number of amides is 3. The average molecular weight is 457 g/mol. The molecule has 3 amide bonds. The molecule has 1 aliphatic heterocycles. The third-order valence-electron chi connectivity index (χ3n) is 5.23. The Morgan fingerprint density at radius 3 is 2.77 bits per heavy atom. The fourth-order valence-corrected chi connectivity index (χ4v) is 4.17. The molecule has 9 heteroatoms. The Hall–Kier alpha value is -3.16. The lowest BCUT2D eigenvalue weighted by atomic mass is 9.88. The van der Waals surface area contributed by atoms with Crippen LogP contribution in [0, 0.1) is 0 Å². The third kappa shape index (κ3) is 4.06. The highest BCUT2D eigenvalue weighted by Gasteiger charge is 2.36. The molecule has 2 aromatic carbocycles. The first-order chi connectivity index (χ1) is 14.9. The van der Waals surface area contributed by atoms with Crippen LogP contribution in [0.1, 0.15) is 21.8 Å². The van der Waals surface area contributed by atoms with Crippen molar-refractivity contribution in [3.8, 4) is 0 Å². The number of hydrogen-bond acceptors (Lipinski definition) is 4. The number of anilines is 1. The Morgan fingerprint density at radius 1 is 1.19 bits per heavy atom. The molecule has 1 aliphatic rings. The molecule has 0 radical (unpaired) electrons. The predicted molar refractivity (Wildman–Crippen MR) is 120 cm³/mol. The molecular weight excluding hydrogens is 439 g/mol. The van der Waals surface area contributed by atoms with E-state index in [1.54, 1.807) is 36.5 Å². The van der Waals surface area contributed by atoms with Gasteiger partial charge in [0.25, 0.3) is 5.91 Å². The van der Waals surface area contributed by atoms with Gasteiger partial charge in [0.1, 0.15) is 0 Å². The van der Waals surface area contributed by atoms with Crippen molar-refractivity contribution in [2.24, 2.45) is 0 Å². The Labute approximate surface area is 188 Å². The summed E-state index contributed by atoms with van der Waals surface area (Å²) >= 11 is 12.5. The van der Waals surface area contributed by atoms with Gasteiger partial charge in [-0.15, -0.1) is 0 Å². The number of carbonyl (C=O) groups excluding carboxylic acids is 3. The second-order valence-electron chi connectivity index (χ2n) is 7.16. The lowest BCUT2D eigenvalue weighted by Gasteiger charge is -2.33. The van der Waals surface area contributed by atoms with E-state index < -0.39 is 5.92 Å². The minimum absolute atomic E-state index is 0.0390. The zero-order chi connectivity index (χ0) is 22.1. The topological polar surface area (TPSA) is 91.4 Å². The summed E-state index contributed by atoms with van der Waals surface area (Å²) in [7, 11) is 1.49. The normalized spacial score (nSPS) is 15.5. The van der Waals surface area contributed by atoms with Gasteiger partial charge in [-0.2, -0.15) is 0 Å². The second-order valence-corrected chi connectivity index (χ2v) is 8.00. The van der Waals surface area contributed by atoms with E-state index in [-0.39, 0.29) is 30.8 Å². The van der Waals surface area contributed by atoms with Gasteiger partial charge in [0.05, 0.1) is 29.4 Å². The van der Waals surface area contributed by atoms with Gasteiger partial charge in [0, 0.05) is 41.1 Å². The Morgan fingerprint density at radius 2 is 2.00 bits per heavy atom. The smallest absolute Gasteiger partial charge is 0.254 e. The van der Waals surface area contributed by atoms with E-state index in [1.165, 1.54) is 18.1 Å². The zero-order valence-corrected chi connectivity index (χ0v) is 18.0. The molecule has 4 rings (SSSR count). The van der Waals surface area contributed by atoms with Gasteiger partial charge in [-0.1, -0.05) is 35.3 Å². The van der Waals surface area contributed by atoms with Gasteiger partial charge in [-0.25, -0.2) is 0 Å². The van der Waals surface area contributed by atoms with Gasteiger partial charge < -0.3 is 15.5 Å². The predicted octanol–water partition coefficient (Wildman–Crippen LogP) is 3.47. The maximum Gasteiger partial charge on any atom is 0.254 e.